The van der Waals surface area contributed by atoms with Crippen LogP contribution in [0.5, 0.6) is 5.75 Å². The predicted octanol–water partition coefficient (Wildman–Crippen LogP) is 4.31. The van der Waals surface area contributed by atoms with Gasteiger partial charge in [-0.3, -0.25) is 14.9 Å². The van der Waals surface area contributed by atoms with Crippen LogP contribution in [0.3, 0.4) is 0 Å². The summed E-state index contributed by atoms with van der Waals surface area (Å²) in [4.78, 5) is 39.5. The molecule has 2 N–H and O–H groups in total. The van der Waals surface area contributed by atoms with Crippen molar-refractivity contribution in [2.24, 2.45) is 4.99 Å². The number of carbonyl (C=O) groups is 2. The second-order valence-corrected chi connectivity index (χ2v) is 7.68. The number of amides is 1. The molecule has 0 unspecified atom stereocenters. The third kappa shape index (κ3) is 4.86. The summed E-state index contributed by atoms with van der Waals surface area (Å²) in [6.45, 7) is 3.51. The van der Waals surface area contributed by atoms with Crippen molar-refractivity contribution < 1.29 is 29.5 Å². The number of aryl methyl sites for hydroxylation is 1. The van der Waals surface area contributed by atoms with Crippen molar-refractivity contribution in [3.63, 3.8) is 0 Å². The van der Waals surface area contributed by atoms with Crippen molar-refractivity contribution in [3.8, 4) is 5.75 Å². The van der Waals surface area contributed by atoms with Gasteiger partial charge < -0.3 is 14.9 Å². The molecule has 3 rings (SSSR count). The Morgan fingerprint density at radius 2 is 1.88 bits per heavy atom. The van der Waals surface area contributed by atoms with Crippen LogP contribution in [0.15, 0.2) is 63.7 Å². The fourth-order valence-electron chi connectivity index (χ4n) is 2.77. The van der Waals surface area contributed by atoms with Gasteiger partial charge in [-0.05, 0) is 43.7 Å². The molecule has 0 aliphatic carbocycles. The molecule has 164 valence electrons. The van der Waals surface area contributed by atoms with Crippen molar-refractivity contribution >= 4 is 40.4 Å². The number of carbonyl (C=O) groups excluding carboxylic acids is 2. The monoisotopic (exact) mass is 454 g/mol. The van der Waals surface area contributed by atoms with Gasteiger partial charge in [-0.15, -0.1) is 0 Å². The number of nitro groups is 1. The highest BCUT2D eigenvalue weighted by atomic mass is 32.2. The highest BCUT2D eigenvalue weighted by molar-refractivity contribution is 8.18. The molecule has 10 heteroatoms. The zero-order valence-electron chi connectivity index (χ0n) is 17.1. The van der Waals surface area contributed by atoms with E-state index in [9.17, 15) is 29.9 Å². The molecule has 2 aromatic rings. The molecule has 0 fully saturated rings. The molecular formula is C22H18N2O7S. The Morgan fingerprint density at radius 1 is 1.19 bits per heavy atom. The average molecular weight is 454 g/mol. The summed E-state index contributed by atoms with van der Waals surface area (Å²) in [6, 6.07) is 10.4. The number of esters is 1. The number of thioether (sulfide) groups is 1. The van der Waals surface area contributed by atoms with Gasteiger partial charge in [0.05, 0.1) is 16.4 Å². The number of aliphatic hydroxyl groups is 1. The number of hydrogen-bond acceptors (Lipinski definition) is 8. The van der Waals surface area contributed by atoms with Crippen LogP contribution < -0.4 is 0 Å². The fraction of sp³-hybridized carbons (Fsp3) is 0.136. The quantitative estimate of drug-likeness (QED) is 0.387. The molecule has 0 bridgehead atoms. The van der Waals surface area contributed by atoms with E-state index in [0.717, 1.165) is 29.5 Å². The van der Waals surface area contributed by atoms with Gasteiger partial charge >= 0.3 is 11.7 Å². The lowest BCUT2D eigenvalue weighted by atomic mass is 10.1. The number of phenolic OH excluding ortho intramolecular Hbond substituents is 1. The molecule has 1 amide bonds. The third-order valence-electron chi connectivity index (χ3n) is 4.37. The van der Waals surface area contributed by atoms with Crippen LogP contribution in [0.4, 0.5) is 5.69 Å². The van der Waals surface area contributed by atoms with Gasteiger partial charge in [0.1, 0.15) is 16.4 Å². The lowest BCUT2D eigenvalue weighted by Gasteiger charge is -2.03. The van der Waals surface area contributed by atoms with E-state index in [4.69, 9.17) is 4.74 Å². The number of aliphatic imine (C=N–C) groups is 1. The molecule has 32 heavy (non-hydrogen) atoms. The van der Waals surface area contributed by atoms with E-state index in [1.807, 2.05) is 6.92 Å². The van der Waals surface area contributed by atoms with Crippen molar-refractivity contribution in [2.75, 3.05) is 6.61 Å². The third-order valence-corrected chi connectivity index (χ3v) is 5.39. The number of phenols is 1. The topological polar surface area (TPSA) is 139 Å². The van der Waals surface area contributed by atoms with Gasteiger partial charge in [0.15, 0.2) is 5.75 Å². The molecule has 0 spiro atoms. The Kier molecular flexibility index (Phi) is 6.74. The van der Waals surface area contributed by atoms with E-state index >= 15 is 0 Å². The summed E-state index contributed by atoms with van der Waals surface area (Å²) in [5.74, 6) is -2.43. The largest absolute Gasteiger partial charge is 0.506 e. The Labute approximate surface area is 186 Å². The number of nitro benzene ring substituents is 1. The highest BCUT2D eigenvalue weighted by Gasteiger charge is 2.34. The summed E-state index contributed by atoms with van der Waals surface area (Å²) < 4.78 is 4.98. The predicted molar refractivity (Wildman–Crippen MR) is 120 cm³/mol. The normalized spacial score (nSPS) is 15.9. The molecule has 0 aromatic heterocycles. The van der Waals surface area contributed by atoms with Gasteiger partial charge in [0.2, 0.25) is 0 Å². The molecule has 0 saturated carbocycles. The molecule has 2 aromatic carbocycles. The molecule has 9 nitrogen and oxygen atoms in total. The number of aromatic hydroxyl groups is 1. The minimum Gasteiger partial charge on any atom is -0.506 e. The zero-order chi connectivity index (χ0) is 23.4. The van der Waals surface area contributed by atoms with E-state index in [-0.39, 0.29) is 27.7 Å². The first-order chi connectivity index (χ1) is 15.2. The lowest BCUT2D eigenvalue weighted by Crippen LogP contribution is -2.14. The molecule has 0 atom stereocenters. The lowest BCUT2D eigenvalue weighted by molar-refractivity contribution is -0.385. The minimum absolute atomic E-state index is 0.0443. The first-order valence-electron chi connectivity index (χ1n) is 9.39. The van der Waals surface area contributed by atoms with Gasteiger partial charge in [0, 0.05) is 11.6 Å². The Bertz CT molecular complexity index is 1200. The maximum Gasteiger partial charge on any atom is 0.344 e. The van der Waals surface area contributed by atoms with Crippen LogP contribution >= 0.6 is 11.8 Å². The van der Waals surface area contributed by atoms with Crippen LogP contribution in [-0.4, -0.2) is 38.7 Å². The summed E-state index contributed by atoms with van der Waals surface area (Å²) in [6.07, 6.45) is 1.38. The number of hydrogen-bond donors (Lipinski definition) is 2. The van der Waals surface area contributed by atoms with E-state index in [1.54, 1.807) is 31.2 Å². The Morgan fingerprint density at radius 3 is 2.50 bits per heavy atom. The highest BCUT2D eigenvalue weighted by Crippen LogP contribution is 2.40. The van der Waals surface area contributed by atoms with Crippen molar-refractivity contribution in [1.29, 1.82) is 0 Å². The summed E-state index contributed by atoms with van der Waals surface area (Å²) in [7, 11) is 0. The molecular weight excluding hydrogens is 436 g/mol. The second-order valence-electron chi connectivity index (χ2n) is 6.65. The van der Waals surface area contributed by atoms with Crippen LogP contribution in [0.25, 0.3) is 6.08 Å². The van der Waals surface area contributed by atoms with Gasteiger partial charge in [-0.1, -0.05) is 35.5 Å². The van der Waals surface area contributed by atoms with E-state index in [0.29, 0.717) is 5.56 Å². The molecule has 0 saturated heterocycles. The first kappa shape index (κ1) is 22.8. The first-order valence-corrected chi connectivity index (χ1v) is 10.2. The van der Waals surface area contributed by atoms with Crippen LogP contribution in [0.2, 0.25) is 0 Å². The molecule has 1 heterocycles. The van der Waals surface area contributed by atoms with Crippen LogP contribution in [0.1, 0.15) is 28.4 Å². The standard InChI is InChI=1S/C22H18N2O7S/c1-3-31-22(28)18-19(26)17(11-13-6-9-16(25)15(10-13)24(29)30)32-21(18)23-20(27)14-7-4-12(2)5-8-14/h4-11,25-26H,3H2,1-2H3. The van der Waals surface area contributed by atoms with E-state index < -0.39 is 34.0 Å². The number of benzene rings is 2. The van der Waals surface area contributed by atoms with Crippen LogP contribution in [0, 0.1) is 17.0 Å². The molecule has 1 aliphatic rings. The van der Waals surface area contributed by atoms with Crippen molar-refractivity contribution in [3.05, 3.63) is 85.5 Å². The van der Waals surface area contributed by atoms with E-state index in [1.165, 1.54) is 12.1 Å². The van der Waals surface area contributed by atoms with Crippen molar-refractivity contribution in [2.45, 2.75) is 13.8 Å². The van der Waals surface area contributed by atoms with Gasteiger partial charge in [0.25, 0.3) is 5.91 Å². The number of rotatable bonds is 5. The average Bonchev–Trinajstić information content (AvgIpc) is 3.04. The Hall–Kier alpha value is -3.92. The summed E-state index contributed by atoms with van der Waals surface area (Å²) in [5, 5.41) is 31.3. The maximum atomic E-state index is 12.6. The zero-order valence-corrected chi connectivity index (χ0v) is 17.9. The van der Waals surface area contributed by atoms with E-state index in [2.05, 4.69) is 4.99 Å². The fourth-order valence-corrected chi connectivity index (χ4v) is 3.79. The molecule has 0 radical (unpaired) electrons. The second kappa shape index (κ2) is 9.48. The van der Waals surface area contributed by atoms with Crippen molar-refractivity contribution in [1.82, 2.24) is 0 Å². The smallest absolute Gasteiger partial charge is 0.344 e. The van der Waals surface area contributed by atoms with Gasteiger partial charge in [-0.2, -0.15) is 0 Å². The van der Waals surface area contributed by atoms with Gasteiger partial charge in [-0.25, -0.2) is 9.79 Å². The molecule has 1 aliphatic heterocycles. The van der Waals surface area contributed by atoms with Crippen LogP contribution in [-0.2, 0) is 9.53 Å². The number of ether oxygens (including phenoxy) is 1. The number of aliphatic hydroxyl groups excluding tert-OH is 1. The number of nitrogens with zero attached hydrogens (tertiary/aromatic N) is 2. The minimum atomic E-state index is -0.854. The summed E-state index contributed by atoms with van der Waals surface area (Å²) >= 11 is 0.854. The SMILES string of the molecule is CCOC(=O)C1=C(O)C(=Cc2ccc(O)c([N+](=O)[O-])c2)SC1=NC(=O)c1ccc(C)cc1. The maximum absolute atomic E-state index is 12.6. The Balaban J connectivity index is 2.03. The summed E-state index contributed by atoms with van der Waals surface area (Å²) in [5.41, 5.74) is 0.773.